The Labute approximate surface area is 168 Å². The van der Waals surface area contributed by atoms with Crippen molar-refractivity contribution in [3.63, 3.8) is 0 Å². The molecular weight excluding hydrogens is 368 g/mol. The molecule has 3 aromatic rings. The SMILES string of the molecule is CN1C(=O)Cc2ccc(Nc3nc4cccc(N[C@H]5CC[C@@H](O)CC5)n4n3)cc21. The van der Waals surface area contributed by atoms with Crippen LogP contribution < -0.4 is 15.5 Å². The second-order valence-corrected chi connectivity index (χ2v) is 7.86. The number of aliphatic hydroxyl groups is 1. The van der Waals surface area contributed by atoms with Crippen molar-refractivity contribution in [2.75, 3.05) is 22.6 Å². The first-order chi connectivity index (χ1) is 14.1. The lowest BCUT2D eigenvalue weighted by molar-refractivity contribution is -0.117. The second-order valence-electron chi connectivity index (χ2n) is 7.86. The molecule has 1 aromatic carbocycles. The van der Waals surface area contributed by atoms with Crippen LogP contribution in [-0.4, -0.2) is 44.8 Å². The Kier molecular flexibility index (Phi) is 4.35. The highest BCUT2D eigenvalue weighted by atomic mass is 16.3. The van der Waals surface area contributed by atoms with E-state index in [4.69, 9.17) is 0 Å². The smallest absolute Gasteiger partial charge is 0.247 e. The number of benzene rings is 1. The molecule has 1 saturated carbocycles. The van der Waals surface area contributed by atoms with E-state index in [-0.39, 0.29) is 12.0 Å². The van der Waals surface area contributed by atoms with Gasteiger partial charge in [-0.15, -0.1) is 5.10 Å². The summed E-state index contributed by atoms with van der Waals surface area (Å²) in [6.07, 6.45) is 3.82. The van der Waals surface area contributed by atoms with Crippen molar-refractivity contribution in [3.05, 3.63) is 42.0 Å². The van der Waals surface area contributed by atoms with Gasteiger partial charge in [0.1, 0.15) is 5.82 Å². The summed E-state index contributed by atoms with van der Waals surface area (Å²) in [6, 6.07) is 12.1. The minimum absolute atomic E-state index is 0.106. The van der Waals surface area contributed by atoms with E-state index in [1.165, 1.54) is 0 Å². The molecule has 0 atom stereocenters. The lowest BCUT2D eigenvalue weighted by Gasteiger charge is -2.26. The first kappa shape index (κ1) is 17.9. The summed E-state index contributed by atoms with van der Waals surface area (Å²) in [4.78, 5) is 18.2. The van der Waals surface area contributed by atoms with Crippen LogP contribution in [-0.2, 0) is 11.2 Å². The molecule has 1 amide bonds. The molecule has 5 rings (SSSR count). The number of fused-ring (bicyclic) bond motifs is 2. The number of likely N-dealkylation sites (N-methyl/N-ethyl adjacent to an activating group) is 1. The number of rotatable bonds is 4. The van der Waals surface area contributed by atoms with Crippen LogP contribution in [0.25, 0.3) is 5.65 Å². The summed E-state index contributed by atoms with van der Waals surface area (Å²) in [7, 11) is 1.79. The zero-order valence-corrected chi connectivity index (χ0v) is 16.3. The fraction of sp³-hybridized carbons (Fsp3) is 0.381. The first-order valence-corrected chi connectivity index (χ1v) is 10.0. The first-order valence-electron chi connectivity index (χ1n) is 10.0. The molecule has 0 saturated heterocycles. The Morgan fingerprint density at radius 3 is 2.79 bits per heavy atom. The van der Waals surface area contributed by atoms with Crippen molar-refractivity contribution in [2.45, 2.75) is 44.2 Å². The Morgan fingerprint density at radius 1 is 1.14 bits per heavy atom. The number of hydrogen-bond acceptors (Lipinski definition) is 6. The van der Waals surface area contributed by atoms with Crippen LogP contribution in [0, 0.1) is 0 Å². The highest BCUT2D eigenvalue weighted by Crippen LogP contribution is 2.31. The monoisotopic (exact) mass is 392 g/mol. The number of nitrogens with one attached hydrogen (secondary N) is 2. The van der Waals surface area contributed by atoms with Gasteiger partial charge in [-0.2, -0.15) is 9.50 Å². The second kappa shape index (κ2) is 7.04. The summed E-state index contributed by atoms with van der Waals surface area (Å²) in [6.45, 7) is 0. The van der Waals surface area contributed by atoms with E-state index in [1.54, 1.807) is 16.5 Å². The topological polar surface area (TPSA) is 94.8 Å². The van der Waals surface area contributed by atoms with Crippen LogP contribution >= 0.6 is 0 Å². The fourth-order valence-electron chi connectivity index (χ4n) is 4.15. The van der Waals surface area contributed by atoms with Crippen LogP contribution in [0.4, 0.5) is 23.1 Å². The lowest BCUT2D eigenvalue weighted by atomic mass is 9.93. The van der Waals surface area contributed by atoms with Crippen molar-refractivity contribution in [1.29, 1.82) is 0 Å². The number of anilines is 4. The van der Waals surface area contributed by atoms with Crippen molar-refractivity contribution >= 4 is 34.7 Å². The van der Waals surface area contributed by atoms with Crippen LogP contribution in [0.5, 0.6) is 0 Å². The highest BCUT2D eigenvalue weighted by molar-refractivity contribution is 6.01. The van der Waals surface area contributed by atoms with E-state index in [2.05, 4.69) is 20.7 Å². The van der Waals surface area contributed by atoms with Crippen LogP contribution in [0.1, 0.15) is 31.2 Å². The molecule has 0 radical (unpaired) electrons. The largest absolute Gasteiger partial charge is 0.393 e. The number of hydrogen-bond donors (Lipinski definition) is 3. The Bertz CT molecular complexity index is 1070. The summed E-state index contributed by atoms with van der Waals surface area (Å²) in [5.74, 6) is 1.50. The minimum Gasteiger partial charge on any atom is -0.393 e. The van der Waals surface area contributed by atoms with Crippen LogP contribution in [0.15, 0.2) is 36.4 Å². The maximum atomic E-state index is 11.9. The molecule has 8 nitrogen and oxygen atoms in total. The third-order valence-electron chi connectivity index (χ3n) is 5.83. The molecule has 0 bridgehead atoms. The molecule has 0 spiro atoms. The van der Waals surface area contributed by atoms with Gasteiger partial charge in [0.25, 0.3) is 0 Å². The zero-order valence-electron chi connectivity index (χ0n) is 16.3. The maximum absolute atomic E-state index is 11.9. The highest BCUT2D eigenvalue weighted by Gasteiger charge is 2.24. The van der Waals surface area contributed by atoms with Gasteiger partial charge < -0.3 is 20.6 Å². The standard InChI is InChI=1S/C21H24N6O2/c1-26-17-12-15(6-5-13(17)11-20(26)29)23-21-24-19-4-2-3-18(27(19)25-21)22-14-7-9-16(28)10-8-14/h2-6,12,14,16,22,28H,7-11H2,1H3,(H,23,25)/t14-,16+. The molecule has 3 heterocycles. The molecule has 0 unspecified atom stereocenters. The molecule has 2 aliphatic rings. The minimum atomic E-state index is -0.173. The van der Waals surface area contributed by atoms with Gasteiger partial charge in [0, 0.05) is 24.5 Å². The molecule has 150 valence electrons. The summed E-state index contributed by atoms with van der Waals surface area (Å²) >= 11 is 0. The van der Waals surface area contributed by atoms with Gasteiger partial charge >= 0.3 is 0 Å². The predicted molar refractivity (Wildman–Crippen MR) is 112 cm³/mol. The number of carbonyl (C=O) groups excluding carboxylic acids is 1. The van der Waals surface area contributed by atoms with Gasteiger partial charge in [0.05, 0.1) is 12.5 Å². The third-order valence-corrected chi connectivity index (χ3v) is 5.83. The average molecular weight is 392 g/mol. The molecule has 1 aliphatic heterocycles. The van der Waals surface area contributed by atoms with Gasteiger partial charge in [0.15, 0.2) is 5.65 Å². The van der Waals surface area contributed by atoms with Gasteiger partial charge in [-0.25, -0.2) is 0 Å². The summed E-state index contributed by atoms with van der Waals surface area (Å²) < 4.78 is 1.80. The van der Waals surface area contributed by atoms with Gasteiger partial charge in [-0.05, 0) is 55.5 Å². The quantitative estimate of drug-likeness (QED) is 0.632. The van der Waals surface area contributed by atoms with E-state index in [0.717, 1.165) is 54.1 Å². The van der Waals surface area contributed by atoms with E-state index in [1.807, 2.05) is 36.4 Å². The maximum Gasteiger partial charge on any atom is 0.247 e. The summed E-state index contributed by atoms with van der Waals surface area (Å²) in [5.41, 5.74) is 3.56. The Balaban J connectivity index is 1.38. The van der Waals surface area contributed by atoms with E-state index in [0.29, 0.717) is 18.4 Å². The van der Waals surface area contributed by atoms with Gasteiger partial charge in [-0.1, -0.05) is 12.1 Å². The number of nitrogens with zero attached hydrogens (tertiary/aromatic N) is 4. The molecule has 3 N–H and O–H groups in total. The summed E-state index contributed by atoms with van der Waals surface area (Å²) in [5, 5.41) is 21.1. The van der Waals surface area contributed by atoms with Crippen LogP contribution in [0.3, 0.4) is 0 Å². The fourth-order valence-corrected chi connectivity index (χ4v) is 4.15. The van der Waals surface area contributed by atoms with Gasteiger partial charge in [0.2, 0.25) is 11.9 Å². The number of aromatic nitrogens is 3. The van der Waals surface area contributed by atoms with Crippen molar-refractivity contribution in [2.24, 2.45) is 0 Å². The van der Waals surface area contributed by atoms with Crippen LogP contribution in [0.2, 0.25) is 0 Å². The number of aliphatic hydroxyl groups excluding tert-OH is 1. The van der Waals surface area contributed by atoms with Gasteiger partial charge in [-0.3, -0.25) is 4.79 Å². The van der Waals surface area contributed by atoms with Crippen molar-refractivity contribution in [3.8, 4) is 0 Å². The lowest BCUT2D eigenvalue weighted by Crippen LogP contribution is -2.29. The average Bonchev–Trinajstić information content (AvgIpc) is 3.25. The molecule has 1 aliphatic carbocycles. The molecule has 1 fully saturated rings. The van der Waals surface area contributed by atoms with E-state index < -0.39 is 0 Å². The number of pyridine rings is 1. The van der Waals surface area contributed by atoms with Crippen molar-refractivity contribution < 1.29 is 9.90 Å². The Hall–Kier alpha value is -3.13. The Morgan fingerprint density at radius 2 is 1.97 bits per heavy atom. The zero-order chi connectivity index (χ0) is 20.0. The number of amides is 1. The molecule has 2 aromatic heterocycles. The van der Waals surface area contributed by atoms with E-state index in [9.17, 15) is 9.90 Å². The molecule has 8 heteroatoms. The predicted octanol–water partition coefficient (Wildman–Crippen LogP) is 2.71. The number of carbonyl (C=O) groups is 1. The normalized spacial score (nSPS) is 21.4. The van der Waals surface area contributed by atoms with Crippen molar-refractivity contribution in [1.82, 2.24) is 14.6 Å². The molecule has 29 heavy (non-hydrogen) atoms. The third kappa shape index (κ3) is 3.40. The molecular formula is C21H24N6O2. The van der Waals surface area contributed by atoms with E-state index >= 15 is 0 Å².